The molecule has 1 aliphatic carbocycles. The number of ether oxygens (including phenoxy) is 3. The summed E-state index contributed by atoms with van der Waals surface area (Å²) in [6.45, 7) is 0.512. The van der Waals surface area contributed by atoms with Gasteiger partial charge in [-0.2, -0.15) is 0 Å². The molecule has 0 saturated carbocycles. The second kappa shape index (κ2) is 7.16. The molecule has 3 aromatic rings. The number of carbonyl (C=O) groups excluding carboxylic acids is 1. The molecule has 4 nitrogen and oxygen atoms in total. The first-order valence-corrected chi connectivity index (χ1v) is 8.77. The van der Waals surface area contributed by atoms with E-state index in [-0.39, 0.29) is 5.92 Å². The Kier molecular flexibility index (Phi) is 4.55. The molecular weight excluding hydrogens is 340 g/mol. The van der Waals surface area contributed by atoms with Crippen LogP contribution in [0.3, 0.4) is 0 Å². The Morgan fingerprint density at radius 3 is 2.04 bits per heavy atom. The molecule has 4 heteroatoms. The van der Waals surface area contributed by atoms with E-state index in [1.54, 1.807) is 14.2 Å². The highest BCUT2D eigenvalue weighted by atomic mass is 16.5. The van der Waals surface area contributed by atoms with E-state index in [1.165, 1.54) is 11.1 Å². The summed E-state index contributed by atoms with van der Waals surface area (Å²) in [5, 5.41) is 0. The van der Waals surface area contributed by atoms with Gasteiger partial charge in [-0.25, -0.2) is 0 Å². The molecule has 0 radical (unpaired) electrons. The first kappa shape index (κ1) is 17.2. The van der Waals surface area contributed by atoms with Crippen molar-refractivity contribution in [2.45, 2.75) is 12.0 Å². The van der Waals surface area contributed by atoms with Gasteiger partial charge in [0.15, 0.2) is 0 Å². The summed E-state index contributed by atoms with van der Waals surface area (Å²) in [5.74, 6) is 1.21. The summed E-state index contributed by atoms with van der Waals surface area (Å²) < 4.78 is 16.5. The second-order valence-electron chi connectivity index (χ2n) is 6.41. The summed E-state index contributed by atoms with van der Waals surface area (Å²) in [7, 11) is 3.21. The predicted octanol–water partition coefficient (Wildman–Crippen LogP) is 4.73. The fourth-order valence-electron chi connectivity index (χ4n) is 3.97. The second-order valence-corrected chi connectivity index (χ2v) is 6.41. The van der Waals surface area contributed by atoms with Gasteiger partial charge in [0.1, 0.15) is 17.6 Å². The monoisotopic (exact) mass is 360 g/mol. The topological polar surface area (TPSA) is 44.8 Å². The average molecular weight is 360 g/mol. The van der Waals surface area contributed by atoms with E-state index < -0.39 is 6.10 Å². The Labute approximate surface area is 158 Å². The molecule has 0 amide bonds. The third-order valence-electron chi connectivity index (χ3n) is 5.13. The highest BCUT2D eigenvalue weighted by Gasteiger charge is 2.37. The molecular formula is C23H20O4. The fourth-order valence-corrected chi connectivity index (χ4v) is 3.97. The molecule has 0 fully saturated rings. The molecule has 1 atom stereocenters. The van der Waals surface area contributed by atoms with Crippen molar-refractivity contribution in [2.75, 3.05) is 14.2 Å². The van der Waals surface area contributed by atoms with E-state index in [9.17, 15) is 4.79 Å². The quantitative estimate of drug-likeness (QED) is 0.596. The number of rotatable bonds is 6. The maximum absolute atomic E-state index is 11.4. The third kappa shape index (κ3) is 2.83. The van der Waals surface area contributed by atoms with Crippen LogP contribution in [0.15, 0.2) is 66.7 Å². The van der Waals surface area contributed by atoms with Crippen LogP contribution in [-0.2, 0) is 9.53 Å². The Bertz CT molecular complexity index is 934. The van der Waals surface area contributed by atoms with Crippen LogP contribution in [0.2, 0.25) is 0 Å². The van der Waals surface area contributed by atoms with Crippen molar-refractivity contribution in [3.8, 4) is 22.6 Å². The molecule has 0 N–H and O–H groups in total. The lowest BCUT2D eigenvalue weighted by Crippen LogP contribution is -2.15. The van der Waals surface area contributed by atoms with E-state index in [0.717, 1.165) is 16.7 Å². The van der Waals surface area contributed by atoms with Crippen molar-refractivity contribution in [3.05, 3.63) is 83.4 Å². The van der Waals surface area contributed by atoms with Crippen LogP contribution in [0, 0.1) is 0 Å². The van der Waals surface area contributed by atoms with Crippen molar-refractivity contribution in [1.82, 2.24) is 0 Å². The predicted molar refractivity (Wildman–Crippen MR) is 103 cm³/mol. The maximum atomic E-state index is 11.4. The average Bonchev–Trinajstić information content (AvgIpc) is 3.06. The van der Waals surface area contributed by atoms with Gasteiger partial charge in [0.25, 0.3) is 6.47 Å². The van der Waals surface area contributed by atoms with Gasteiger partial charge in [0.05, 0.1) is 20.1 Å². The van der Waals surface area contributed by atoms with E-state index in [2.05, 4.69) is 24.3 Å². The standard InChI is InChI=1S/C23H20O4/c1-25-15-11-12-20(21(13-15)26-2)23(27-14-24)22-18-9-5-3-7-16(18)17-8-4-6-10-19(17)22/h3-14,22-23H,1-2H3. The summed E-state index contributed by atoms with van der Waals surface area (Å²) in [6, 6.07) is 22.1. The molecule has 0 saturated heterocycles. The van der Waals surface area contributed by atoms with Crippen molar-refractivity contribution < 1.29 is 19.0 Å². The zero-order valence-electron chi connectivity index (χ0n) is 15.2. The van der Waals surface area contributed by atoms with Gasteiger partial charge >= 0.3 is 0 Å². The number of hydrogen-bond donors (Lipinski definition) is 0. The van der Waals surface area contributed by atoms with Gasteiger partial charge in [-0.3, -0.25) is 4.79 Å². The number of fused-ring (bicyclic) bond motifs is 3. The fraction of sp³-hybridized carbons (Fsp3) is 0.174. The Hall–Kier alpha value is -3.27. The van der Waals surface area contributed by atoms with Gasteiger partial charge in [0.2, 0.25) is 0 Å². The lowest BCUT2D eigenvalue weighted by atomic mass is 9.86. The molecule has 27 heavy (non-hydrogen) atoms. The molecule has 0 aromatic heterocycles. The minimum atomic E-state index is -0.506. The van der Waals surface area contributed by atoms with Crippen LogP contribution in [-0.4, -0.2) is 20.7 Å². The largest absolute Gasteiger partial charge is 0.497 e. The smallest absolute Gasteiger partial charge is 0.293 e. The van der Waals surface area contributed by atoms with Crippen molar-refractivity contribution in [1.29, 1.82) is 0 Å². The summed E-state index contributed by atoms with van der Waals surface area (Å²) in [6.07, 6.45) is -0.506. The van der Waals surface area contributed by atoms with Crippen LogP contribution in [0.5, 0.6) is 11.5 Å². The highest BCUT2D eigenvalue weighted by molar-refractivity contribution is 5.79. The normalized spacial score (nSPS) is 13.4. The van der Waals surface area contributed by atoms with Crippen LogP contribution in [0.1, 0.15) is 28.7 Å². The third-order valence-corrected chi connectivity index (χ3v) is 5.13. The van der Waals surface area contributed by atoms with E-state index in [0.29, 0.717) is 18.0 Å². The Balaban J connectivity index is 1.90. The van der Waals surface area contributed by atoms with Crippen LogP contribution in [0.25, 0.3) is 11.1 Å². The molecule has 3 aromatic carbocycles. The number of carbonyl (C=O) groups is 1. The summed E-state index contributed by atoms with van der Waals surface area (Å²) in [5.41, 5.74) is 5.43. The minimum Gasteiger partial charge on any atom is -0.497 e. The first-order chi connectivity index (χ1) is 13.3. The van der Waals surface area contributed by atoms with Gasteiger partial charge in [-0.15, -0.1) is 0 Å². The van der Waals surface area contributed by atoms with E-state index in [4.69, 9.17) is 14.2 Å². The highest BCUT2D eigenvalue weighted by Crippen LogP contribution is 2.52. The van der Waals surface area contributed by atoms with Crippen LogP contribution < -0.4 is 9.47 Å². The number of methoxy groups -OCH3 is 2. The van der Waals surface area contributed by atoms with Gasteiger partial charge in [0, 0.05) is 11.6 Å². The minimum absolute atomic E-state index is 0.107. The zero-order chi connectivity index (χ0) is 18.8. The molecule has 1 aliphatic rings. The van der Waals surface area contributed by atoms with Gasteiger partial charge in [-0.05, 0) is 34.4 Å². The first-order valence-electron chi connectivity index (χ1n) is 8.77. The van der Waals surface area contributed by atoms with Gasteiger partial charge < -0.3 is 14.2 Å². The lowest BCUT2D eigenvalue weighted by molar-refractivity contribution is -0.134. The molecule has 4 rings (SSSR count). The maximum Gasteiger partial charge on any atom is 0.293 e. The molecule has 1 unspecified atom stereocenters. The van der Waals surface area contributed by atoms with E-state index >= 15 is 0 Å². The molecule has 0 bridgehead atoms. The summed E-state index contributed by atoms with van der Waals surface area (Å²) >= 11 is 0. The summed E-state index contributed by atoms with van der Waals surface area (Å²) in [4.78, 5) is 11.4. The Morgan fingerprint density at radius 2 is 1.48 bits per heavy atom. The van der Waals surface area contributed by atoms with Crippen LogP contribution >= 0.6 is 0 Å². The van der Waals surface area contributed by atoms with Gasteiger partial charge in [-0.1, -0.05) is 48.5 Å². The number of benzene rings is 3. The van der Waals surface area contributed by atoms with Crippen molar-refractivity contribution >= 4 is 6.47 Å². The molecule has 0 heterocycles. The lowest BCUT2D eigenvalue weighted by Gasteiger charge is -2.26. The van der Waals surface area contributed by atoms with E-state index in [1.807, 2.05) is 42.5 Å². The van der Waals surface area contributed by atoms with Crippen molar-refractivity contribution in [2.24, 2.45) is 0 Å². The SMILES string of the molecule is COc1ccc(C(OC=O)C2c3ccccc3-c3ccccc32)c(OC)c1. The molecule has 0 spiro atoms. The molecule has 0 aliphatic heterocycles. The van der Waals surface area contributed by atoms with Crippen molar-refractivity contribution in [3.63, 3.8) is 0 Å². The van der Waals surface area contributed by atoms with Crippen LogP contribution in [0.4, 0.5) is 0 Å². The number of hydrogen-bond acceptors (Lipinski definition) is 4. The Morgan fingerprint density at radius 1 is 0.852 bits per heavy atom. The molecule has 136 valence electrons. The zero-order valence-corrected chi connectivity index (χ0v) is 15.2.